The summed E-state index contributed by atoms with van der Waals surface area (Å²) in [5.74, 6) is 0. The van der Waals surface area contributed by atoms with Crippen LogP contribution in [0.3, 0.4) is 0 Å². The Morgan fingerprint density at radius 1 is 1.08 bits per heavy atom. The van der Waals surface area contributed by atoms with E-state index in [-0.39, 0.29) is 18.3 Å². The Labute approximate surface area is 218 Å². The first-order valence-electron chi connectivity index (χ1n) is 13.2. The van der Waals surface area contributed by atoms with Gasteiger partial charge in [0, 0.05) is 73.6 Å². The van der Waals surface area contributed by atoms with Crippen LogP contribution in [0.15, 0.2) is 42.6 Å². The first kappa shape index (κ1) is 24.1. The Bertz CT molecular complexity index is 1320. The largest absolute Gasteiger partial charge is 0.373 e. The van der Waals surface area contributed by atoms with E-state index < -0.39 is 0 Å². The lowest BCUT2D eigenvalue weighted by Crippen LogP contribution is -2.51. The van der Waals surface area contributed by atoms with Crippen LogP contribution in [0.25, 0.3) is 10.9 Å². The van der Waals surface area contributed by atoms with Crippen molar-refractivity contribution >= 4 is 22.3 Å². The maximum atomic E-state index is 9.54. The van der Waals surface area contributed by atoms with Crippen molar-refractivity contribution in [1.29, 1.82) is 5.26 Å². The maximum absolute atomic E-state index is 9.54. The minimum atomic E-state index is 0.0881. The summed E-state index contributed by atoms with van der Waals surface area (Å²) in [5.41, 5.74) is 5.86. The minimum absolute atomic E-state index is 0.0881. The number of aryl methyl sites for hydroxylation is 2. The van der Waals surface area contributed by atoms with Crippen molar-refractivity contribution in [2.75, 3.05) is 55.7 Å². The molecule has 0 aliphatic carbocycles. The van der Waals surface area contributed by atoms with Crippen molar-refractivity contribution in [2.45, 2.75) is 45.1 Å². The van der Waals surface area contributed by atoms with Gasteiger partial charge in [0.05, 0.1) is 42.0 Å². The summed E-state index contributed by atoms with van der Waals surface area (Å²) in [7, 11) is 0. The summed E-state index contributed by atoms with van der Waals surface area (Å²) in [6.07, 6.45) is 2.16. The second kappa shape index (κ2) is 9.90. The Morgan fingerprint density at radius 3 is 2.73 bits per heavy atom. The molecule has 0 N–H and O–H groups in total. The number of rotatable bonds is 4. The molecular weight excluding hydrogens is 464 g/mol. The molecule has 6 rings (SSSR count). The standard InChI is InChI=1S/C29H34N6O2/c1-19-11-23(12-20(2)32-19)35-9-10-36-28-18-33(17-27(28)35)15-24-16-34(14-21(3)37-24)26-7-6-22(13-30)29-25(26)5-4-8-31-29/h4-8,11-12,21,24,27-28H,9-10,14-18H2,1-3H3/t21-,24-,27?,28?/m1/s1. The highest BCUT2D eigenvalue weighted by Crippen LogP contribution is 2.32. The summed E-state index contributed by atoms with van der Waals surface area (Å²) < 4.78 is 12.7. The van der Waals surface area contributed by atoms with Crippen molar-refractivity contribution in [3.05, 3.63) is 59.5 Å². The number of aromatic nitrogens is 2. The zero-order chi connectivity index (χ0) is 25.5. The van der Waals surface area contributed by atoms with Crippen LogP contribution in [0.1, 0.15) is 23.9 Å². The van der Waals surface area contributed by atoms with Crippen molar-refractivity contribution < 1.29 is 9.47 Å². The van der Waals surface area contributed by atoms with E-state index in [0.29, 0.717) is 11.6 Å². The number of pyridine rings is 2. The summed E-state index contributed by atoms with van der Waals surface area (Å²) >= 11 is 0. The molecule has 2 unspecified atom stereocenters. The SMILES string of the molecule is Cc1cc(N2CCOC3CN(C[C@@H]4CN(c5ccc(C#N)c6ncccc56)C[C@@H](C)O4)CC32)cc(C)n1. The van der Waals surface area contributed by atoms with Crippen LogP contribution < -0.4 is 9.80 Å². The number of nitriles is 1. The van der Waals surface area contributed by atoms with Crippen LogP contribution in [0.2, 0.25) is 0 Å². The van der Waals surface area contributed by atoms with Crippen molar-refractivity contribution in [3.8, 4) is 6.07 Å². The molecular formula is C29H34N6O2. The second-order valence-corrected chi connectivity index (χ2v) is 10.6. The molecule has 3 fully saturated rings. The van der Waals surface area contributed by atoms with E-state index in [1.807, 2.05) is 12.1 Å². The number of benzene rings is 1. The molecule has 8 heteroatoms. The van der Waals surface area contributed by atoms with Crippen LogP contribution in [0.4, 0.5) is 11.4 Å². The fraction of sp³-hybridized carbons (Fsp3) is 0.483. The van der Waals surface area contributed by atoms with Gasteiger partial charge in [-0.05, 0) is 57.2 Å². The van der Waals surface area contributed by atoms with E-state index in [2.05, 4.69) is 75.8 Å². The average Bonchev–Trinajstić information content (AvgIpc) is 3.29. The van der Waals surface area contributed by atoms with Gasteiger partial charge in [-0.2, -0.15) is 5.26 Å². The van der Waals surface area contributed by atoms with Crippen LogP contribution in [0, 0.1) is 25.2 Å². The van der Waals surface area contributed by atoms with Gasteiger partial charge in [0.15, 0.2) is 0 Å². The zero-order valence-electron chi connectivity index (χ0n) is 21.8. The van der Waals surface area contributed by atoms with Crippen LogP contribution in [0.5, 0.6) is 0 Å². The van der Waals surface area contributed by atoms with Crippen molar-refractivity contribution in [3.63, 3.8) is 0 Å². The van der Waals surface area contributed by atoms with Crippen LogP contribution in [-0.4, -0.2) is 85.1 Å². The average molecular weight is 499 g/mol. The lowest BCUT2D eigenvalue weighted by atomic mass is 10.1. The van der Waals surface area contributed by atoms with Gasteiger partial charge < -0.3 is 19.3 Å². The number of morpholine rings is 2. The van der Waals surface area contributed by atoms with E-state index in [0.717, 1.165) is 73.9 Å². The number of hydrogen-bond donors (Lipinski definition) is 0. The molecule has 0 saturated carbocycles. The van der Waals surface area contributed by atoms with E-state index in [1.54, 1.807) is 6.20 Å². The van der Waals surface area contributed by atoms with Gasteiger partial charge in [0.1, 0.15) is 6.07 Å². The normalized spacial score (nSPS) is 26.3. The zero-order valence-corrected chi connectivity index (χ0v) is 21.8. The monoisotopic (exact) mass is 498 g/mol. The van der Waals surface area contributed by atoms with Crippen molar-refractivity contribution in [1.82, 2.24) is 14.9 Å². The third-order valence-electron chi connectivity index (χ3n) is 7.77. The molecule has 0 radical (unpaired) electrons. The molecule has 3 aromatic rings. The highest BCUT2D eigenvalue weighted by Gasteiger charge is 2.41. The number of hydrogen-bond acceptors (Lipinski definition) is 8. The van der Waals surface area contributed by atoms with Gasteiger partial charge in [-0.3, -0.25) is 14.9 Å². The van der Waals surface area contributed by atoms with E-state index in [1.165, 1.54) is 5.69 Å². The van der Waals surface area contributed by atoms with Gasteiger partial charge in [0.2, 0.25) is 0 Å². The lowest BCUT2D eigenvalue weighted by Gasteiger charge is -2.40. The maximum Gasteiger partial charge on any atom is 0.101 e. The summed E-state index contributed by atoms with van der Waals surface area (Å²) in [6, 6.07) is 15.0. The molecule has 0 amide bonds. The Morgan fingerprint density at radius 2 is 1.92 bits per heavy atom. The Hall–Kier alpha value is -3.25. The third-order valence-corrected chi connectivity index (χ3v) is 7.77. The minimum Gasteiger partial charge on any atom is -0.373 e. The van der Waals surface area contributed by atoms with Gasteiger partial charge in [-0.25, -0.2) is 0 Å². The number of fused-ring (bicyclic) bond motifs is 2. The van der Waals surface area contributed by atoms with E-state index >= 15 is 0 Å². The summed E-state index contributed by atoms with van der Waals surface area (Å²) in [5, 5.41) is 10.6. The number of likely N-dealkylation sites (tertiary alicyclic amines) is 1. The second-order valence-electron chi connectivity index (χ2n) is 10.6. The predicted molar refractivity (Wildman–Crippen MR) is 144 cm³/mol. The van der Waals surface area contributed by atoms with Crippen LogP contribution in [-0.2, 0) is 9.47 Å². The van der Waals surface area contributed by atoms with E-state index in [4.69, 9.17) is 9.47 Å². The number of anilines is 2. The third kappa shape index (κ3) is 4.75. The summed E-state index contributed by atoms with van der Waals surface area (Å²) in [6.45, 7) is 12.3. The molecule has 0 spiro atoms. The Balaban J connectivity index is 1.18. The molecule has 1 aromatic carbocycles. The first-order valence-corrected chi connectivity index (χ1v) is 13.2. The van der Waals surface area contributed by atoms with Crippen LogP contribution >= 0.6 is 0 Å². The van der Waals surface area contributed by atoms with Gasteiger partial charge in [-0.15, -0.1) is 0 Å². The molecule has 3 aliphatic rings. The fourth-order valence-electron chi connectivity index (χ4n) is 6.37. The van der Waals surface area contributed by atoms with Gasteiger partial charge in [0.25, 0.3) is 0 Å². The summed E-state index contributed by atoms with van der Waals surface area (Å²) in [4.78, 5) is 16.5. The molecule has 8 nitrogen and oxygen atoms in total. The van der Waals surface area contributed by atoms with E-state index in [9.17, 15) is 5.26 Å². The molecule has 3 saturated heterocycles. The lowest BCUT2D eigenvalue weighted by molar-refractivity contribution is -0.0317. The van der Waals surface area contributed by atoms with Crippen molar-refractivity contribution in [2.24, 2.45) is 0 Å². The predicted octanol–water partition coefficient (Wildman–Crippen LogP) is 3.30. The Kier molecular flexibility index (Phi) is 6.45. The molecule has 192 valence electrons. The number of ether oxygens (including phenoxy) is 2. The highest BCUT2D eigenvalue weighted by atomic mass is 16.5. The quantitative estimate of drug-likeness (QED) is 0.542. The smallest absolute Gasteiger partial charge is 0.101 e. The highest BCUT2D eigenvalue weighted by molar-refractivity contribution is 5.95. The molecule has 3 aliphatic heterocycles. The number of nitrogens with zero attached hydrogens (tertiary/aromatic N) is 6. The van der Waals surface area contributed by atoms with Gasteiger partial charge in [-0.1, -0.05) is 0 Å². The first-order chi connectivity index (χ1) is 18.0. The fourth-order valence-corrected chi connectivity index (χ4v) is 6.37. The topological polar surface area (TPSA) is 77.8 Å². The molecule has 0 bridgehead atoms. The molecule has 4 atom stereocenters. The van der Waals surface area contributed by atoms with Gasteiger partial charge >= 0.3 is 0 Å². The molecule has 5 heterocycles. The molecule has 2 aromatic heterocycles. The molecule has 37 heavy (non-hydrogen) atoms.